The molecule has 7 rings (SSSR count). The largest absolute Gasteiger partial charge is 0.492 e. The molecule has 4 N–H and O–H groups in total. The van der Waals surface area contributed by atoms with E-state index in [0.29, 0.717) is 54.6 Å². The highest BCUT2D eigenvalue weighted by Crippen LogP contribution is 2.54. The van der Waals surface area contributed by atoms with Gasteiger partial charge in [-0.3, -0.25) is 9.11 Å². The number of hydrogen-bond acceptors (Lipinski definition) is 10. The van der Waals surface area contributed by atoms with Gasteiger partial charge >= 0.3 is 5.97 Å². The van der Waals surface area contributed by atoms with Crippen molar-refractivity contribution in [1.29, 1.82) is 0 Å². The number of aryl methyl sites for hydroxylation is 1. The molecule has 13 nitrogen and oxygen atoms in total. The molecule has 0 aliphatic carbocycles. The third-order valence-electron chi connectivity index (χ3n) is 11.3. The summed E-state index contributed by atoms with van der Waals surface area (Å²) >= 11 is 0. The van der Waals surface area contributed by atoms with E-state index in [1.54, 1.807) is 12.1 Å². The van der Waals surface area contributed by atoms with Gasteiger partial charge < -0.3 is 24.9 Å². The zero-order chi connectivity index (χ0) is 39.5. The van der Waals surface area contributed by atoms with Gasteiger partial charge in [0.15, 0.2) is 0 Å². The van der Waals surface area contributed by atoms with Crippen molar-refractivity contribution >= 4 is 37.6 Å². The number of allylic oxidation sites excluding steroid dienone is 7. The van der Waals surface area contributed by atoms with Gasteiger partial charge in [-0.1, -0.05) is 70.0 Å². The maximum absolute atomic E-state index is 12.8. The number of anilines is 2. The first kappa shape index (κ1) is 38.4. The van der Waals surface area contributed by atoms with Crippen molar-refractivity contribution in [3.8, 4) is 11.8 Å². The molecule has 1 unspecified atom stereocenters. The Morgan fingerprint density at radius 3 is 2.13 bits per heavy atom. The average Bonchev–Trinajstić information content (AvgIpc) is 3.74. The molecule has 1 aromatic heterocycles. The summed E-state index contributed by atoms with van der Waals surface area (Å²) in [5.74, 6) is -1.45. The summed E-state index contributed by atoms with van der Waals surface area (Å²) in [7, 11) is -9.03. The van der Waals surface area contributed by atoms with E-state index in [9.17, 15) is 40.9 Å². The van der Waals surface area contributed by atoms with E-state index in [2.05, 4.69) is 4.90 Å². The molecule has 55 heavy (non-hydrogen) atoms. The summed E-state index contributed by atoms with van der Waals surface area (Å²) in [4.78, 5) is 21.4. The topological polar surface area (TPSA) is 187 Å². The molecule has 1 atom stereocenters. The molecular formula is C40H45N3O10S2. The molecule has 292 valence electrons. The summed E-state index contributed by atoms with van der Waals surface area (Å²) < 4.78 is 71.6. The standard InChI is InChI=1S/C40H45N3O10S2/c1-39(2)31(42-23-10-11-26-15-17-29(54(47,48)49)35(39)38(26)42)13-7-4-6-12-28-25-41-24-21-27-16-18-30(55(50,51)52)36(37(27)41)40(28,3)22-9-5-8-14-34(46)53-43-32(44)19-20-33(43)45/h4,6-7,12-13,15-20,25,44-45H,5,8-11,14,21-24H2,1-3H3,(H,47,48,49)(H,50,51,52). The number of benzene rings is 2. The number of rotatable bonds is 12. The van der Waals surface area contributed by atoms with Crippen LogP contribution in [0.5, 0.6) is 11.8 Å². The van der Waals surface area contributed by atoms with Gasteiger partial charge in [-0.15, -0.1) is 4.73 Å². The van der Waals surface area contributed by atoms with Crippen molar-refractivity contribution in [2.45, 2.75) is 92.8 Å². The van der Waals surface area contributed by atoms with E-state index in [4.69, 9.17) is 4.84 Å². The van der Waals surface area contributed by atoms with E-state index in [1.807, 2.05) is 62.3 Å². The smallest absolute Gasteiger partial charge is 0.333 e. The first-order valence-corrected chi connectivity index (χ1v) is 21.2. The van der Waals surface area contributed by atoms with Crippen LogP contribution in [-0.2, 0) is 48.7 Å². The summed E-state index contributed by atoms with van der Waals surface area (Å²) in [6.07, 6.45) is 16.2. The Morgan fingerprint density at radius 1 is 0.800 bits per heavy atom. The highest BCUT2D eigenvalue weighted by molar-refractivity contribution is 7.86. The van der Waals surface area contributed by atoms with Crippen LogP contribution in [0.3, 0.4) is 0 Å². The Bertz CT molecular complexity index is 2410. The van der Waals surface area contributed by atoms with Crippen LogP contribution in [0.25, 0.3) is 0 Å². The summed E-state index contributed by atoms with van der Waals surface area (Å²) in [5, 5.41) is 19.5. The number of nitrogens with zero attached hydrogens (tertiary/aromatic N) is 3. The second-order valence-electron chi connectivity index (χ2n) is 15.2. The van der Waals surface area contributed by atoms with E-state index in [0.717, 1.165) is 53.0 Å². The molecule has 0 radical (unpaired) electrons. The van der Waals surface area contributed by atoms with Gasteiger partial charge in [0.2, 0.25) is 11.8 Å². The Kier molecular flexibility index (Phi) is 9.81. The second kappa shape index (κ2) is 14.0. The first-order valence-electron chi connectivity index (χ1n) is 18.3. The van der Waals surface area contributed by atoms with Crippen molar-refractivity contribution in [3.05, 3.63) is 107 Å². The van der Waals surface area contributed by atoms with Crippen molar-refractivity contribution in [1.82, 2.24) is 4.73 Å². The monoisotopic (exact) mass is 791 g/mol. The third-order valence-corrected chi connectivity index (χ3v) is 13.1. The average molecular weight is 792 g/mol. The third kappa shape index (κ3) is 6.87. The molecule has 15 heteroatoms. The molecule has 5 heterocycles. The Balaban J connectivity index is 1.14. The van der Waals surface area contributed by atoms with E-state index < -0.39 is 48.8 Å². The van der Waals surface area contributed by atoms with Gasteiger partial charge in [0.25, 0.3) is 20.2 Å². The summed E-state index contributed by atoms with van der Waals surface area (Å²) in [6, 6.07) is 8.92. The molecule has 0 bridgehead atoms. The highest BCUT2D eigenvalue weighted by Gasteiger charge is 2.46. The molecule has 0 spiro atoms. The van der Waals surface area contributed by atoms with Gasteiger partial charge in [-0.25, -0.2) is 4.79 Å². The minimum absolute atomic E-state index is 0.0270. The van der Waals surface area contributed by atoms with Crippen molar-refractivity contribution < 1.29 is 45.8 Å². The van der Waals surface area contributed by atoms with Crippen LogP contribution >= 0.6 is 0 Å². The van der Waals surface area contributed by atoms with Crippen LogP contribution in [0, 0.1) is 0 Å². The lowest BCUT2D eigenvalue weighted by Crippen LogP contribution is -2.34. The van der Waals surface area contributed by atoms with Gasteiger partial charge in [0.1, 0.15) is 9.79 Å². The van der Waals surface area contributed by atoms with Crippen LogP contribution in [0.4, 0.5) is 11.4 Å². The fourth-order valence-corrected chi connectivity index (χ4v) is 10.4. The molecule has 3 aromatic rings. The lowest BCUT2D eigenvalue weighted by molar-refractivity contribution is -0.145. The Hall–Kier alpha value is -4.83. The van der Waals surface area contributed by atoms with Crippen LogP contribution in [0.15, 0.2) is 94.0 Å². The van der Waals surface area contributed by atoms with Gasteiger partial charge in [0.05, 0.1) is 0 Å². The zero-order valence-electron chi connectivity index (χ0n) is 30.9. The molecule has 0 saturated carbocycles. The first-order chi connectivity index (χ1) is 25.9. The summed E-state index contributed by atoms with van der Waals surface area (Å²) in [6.45, 7) is 7.26. The van der Waals surface area contributed by atoms with Crippen molar-refractivity contribution in [2.75, 3.05) is 22.9 Å². The zero-order valence-corrected chi connectivity index (χ0v) is 32.5. The van der Waals surface area contributed by atoms with Crippen LogP contribution in [0.2, 0.25) is 0 Å². The minimum atomic E-state index is -4.58. The van der Waals surface area contributed by atoms with E-state index >= 15 is 0 Å². The maximum atomic E-state index is 12.8. The fourth-order valence-electron chi connectivity index (χ4n) is 8.75. The van der Waals surface area contributed by atoms with Gasteiger partial charge in [-0.2, -0.15) is 16.8 Å². The van der Waals surface area contributed by atoms with Crippen LogP contribution in [0.1, 0.15) is 81.5 Å². The Labute approximate surface area is 321 Å². The van der Waals surface area contributed by atoms with Gasteiger partial charge in [-0.05, 0) is 67.0 Å². The molecule has 0 saturated heterocycles. The number of carbonyl (C=O) groups is 1. The second-order valence-corrected chi connectivity index (χ2v) is 18.0. The molecule has 4 aliphatic rings. The lowest BCUT2D eigenvalue weighted by Gasteiger charge is -2.41. The number of aromatic nitrogens is 1. The van der Waals surface area contributed by atoms with Crippen molar-refractivity contribution in [3.63, 3.8) is 0 Å². The predicted octanol–water partition coefficient (Wildman–Crippen LogP) is 6.26. The molecule has 0 amide bonds. The minimum Gasteiger partial charge on any atom is -0.492 e. The van der Waals surface area contributed by atoms with Gasteiger partial charge in [0, 0.05) is 76.9 Å². The SMILES string of the molecule is CC1(C)C(=CC=CC=CC2=CN3CCc4ccc(S(=O)(=O)O)c(c43)C2(C)CCCCCC(=O)On2c(O)ccc2O)N2CCCc3ccc(S(=O)(=O)O)c1c32. The van der Waals surface area contributed by atoms with E-state index in [1.165, 1.54) is 24.3 Å². The fraction of sp³-hybridized carbons (Fsp3) is 0.375. The summed E-state index contributed by atoms with van der Waals surface area (Å²) in [5.41, 5.74) is 5.02. The Morgan fingerprint density at radius 2 is 1.45 bits per heavy atom. The molecular weight excluding hydrogens is 747 g/mol. The van der Waals surface area contributed by atoms with E-state index in [-0.39, 0.29) is 16.2 Å². The van der Waals surface area contributed by atoms with Crippen molar-refractivity contribution in [2.24, 2.45) is 0 Å². The highest BCUT2D eigenvalue weighted by atomic mass is 32.2. The normalized spacial score (nSPS) is 20.7. The molecule has 4 aliphatic heterocycles. The quantitative estimate of drug-likeness (QED) is 0.0919. The number of aromatic hydroxyl groups is 2. The molecule has 0 fully saturated rings. The lowest BCUT2D eigenvalue weighted by atomic mass is 9.69. The predicted molar refractivity (Wildman–Crippen MR) is 206 cm³/mol. The number of unbranched alkanes of at least 4 members (excludes halogenated alkanes) is 2. The number of carbonyl (C=O) groups excluding carboxylic acids is 1. The van der Waals surface area contributed by atoms with Crippen LogP contribution in [-0.4, -0.2) is 59.9 Å². The molecule has 2 aromatic carbocycles. The van der Waals surface area contributed by atoms with Crippen LogP contribution < -0.4 is 14.6 Å². The number of hydrogen-bond donors (Lipinski definition) is 4. The maximum Gasteiger partial charge on any atom is 0.333 e.